The fourth-order valence-corrected chi connectivity index (χ4v) is 8.43. The fourth-order valence-electron chi connectivity index (χ4n) is 6.57. The number of nitrogens with zero attached hydrogens (tertiary/aromatic N) is 4. The molecule has 3 fully saturated rings. The second kappa shape index (κ2) is 14.2. The number of alkyl halides is 3. The van der Waals surface area contributed by atoms with Gasteiger partial charge in [-0.05, 0) is 92.9 Å². The molecule has 3 amide bonds. The number of piperidine rings is 1. The number of benzene rings is 2. The first-order valence-corrected chi connectivity index (χ1v) is 17.4. The number of hydrogen-bond acceptors (Lipinski definition) is 8. The van der Waals surface area contributed by atoms with Crippen molar-refractivity contribution >= 4 is 44.5 Å². The molecule has 1 aromatic heterocycles. The third-order valence-electron chi connectivity index (χ3n) is 9.26. The van der Waals surface area contributed by atoms with Gasteiger partial charge < -0.3 is 10.8 Å². The van der Waals surface area contributed by atoms with E-state index >= 15 is 0 Å². The lowest BCUT2D eigenvalue weighted by Crippen LogP contribution is -2.49. The standard InChI is InChI=1S/C30H38N6O4S.C2HF3O2/c1-34-27-18-22(5-10-26(27)29(33-34)36-16-13-28(37)32-30(36)38)21-11-14-35(15-12-21)19-20-3-2-4-25(17-20)41(39,40)24-8-6-23(31)7-9-24;3-2(4,5)1(6)7/h2-5,10,17-18,21,23-24H,6-9,11-16,19,31H2,1H3,(H,32,37,38);(H,6,7). The number of carbonyl (C=O) groups is 3. The Labute approximate surface area is 276 Å². The molecule has 48 heavy (non-hydrogen) atoms. The molecule has 0 atom stereocenters. The van der Waals surface area contributed by atoms with Crippen LogP contribution in [0.4, 0.5) is 23.8 Å². The number of carboxylic acids is 1. The van der Waals surface area contributed by atoms with Crippen molar-refractivity contribution in [3.63, 3.8) is 0 Å². The van der Waals surface area contributed by atoms with Crippen LogP contribution in [0.15, 0.2) is 47.4 Å². The van der Waals surface area contributed by atoms with Crippen molar-refractivity contribution in [1.82, 2.24) is 20.0 Å². The topological polar surface area (TPSA) is 168 Å². The van der Waals surface area contributed by atoms with E-state index in [1.807, 2.05) is 31.3 Å². The second-order valence-corrected chi connectivity index (χ2v) is 14.8. The van der Waals surface area contributed by atoms with E-state index in [1.165, 1.54) is 10.5 Å². The van der Waals surface area contributed by atoms with Crippen LogP contribution >= 0.6 is 0 Å². The highest BCUT2D eigenvalue weighted by Gasteiger charge is 2.38. The number of aryl methyl sites for hydroxylation is 1. The number of nitrogens with two attached hydrogens (primary N) is 1. The lowest BCUT2D eigenvalue weighted by Gasteiger charge is -2.32. The monoisotopic (exact) mass is 692 g/mol. The van der Waals surface area contributed by atoms with Crippen molar-refractivity contribution < 1.29 is 41.1 Å². The summed E-state index contributed by atoms with van der Waals surface area (Å²) in [6.07, 6.45) is 0.0100. The molecule has 260 valence electrons. The molecule has 3 aromatic rings. The molecule has 0 spiro atoms. The van der Waals surface area contributed by atoms with Crippen LogP contribution in [0.5, 0.6) is 0 Å². The number of hydrogen-bond donors (Lipinski definition) is 3. The molecule has 2 aliphatic heterocycles. The molecule has 3 aliphatic rings. The molecule has 16 heteroatoms. The molecule has 3 heterocycles. The summed E-state index contributed by atoms with van der Waals surface area (Å²) in [7, 11) is -1.47. The molecular weight excluding hydrogens is 653 g/mol. The Morgan fingerprint density at radius 2 is 1.69 bits per heavy atom. The molecule has 4 N–H and O–H groups in total. The molecular formula is C32H39F3N6O6S. The summed E-state index contributed by atoms with van der Waals surface area (Å²) in [6, 6.07) is 13.5. The highest BCUT2D eigenvalue weighted by Crippen LogP contribution is 2.34. The van der Waals surface area contributed by atoms with Crippen LogP contribution < -0.4 is 16.0 Å². The zero-order chi connectivity index (χ0) is 34.8. The van der Waals surface area contributed by atoms with Gasteiger partial charge in [0.05, 0.1) is 15.7 Å². The van der Waals surface area contributed by atoms with Gasteiger partial charge in [0.1, 0.15) is 0 Å². The van der Waals surface area contributed by atoms with Gasteiger partial charge in [-0.2, -0.15) is 18.3 Å². The first kappa shape index (κ1) is 35.3. The van der Waals surface area contributed by atoms with E-state index in [9.17, 15) is 31.2 Å². The van der Waals surface area contributed by atoms with Gasteiger partial charge in [-0.3, -0.25) is 24.6 Å². The lowest BCUT2D eigenvalue weighted by molar-refractivity contribution is -0.192. The van der Waals surface area contributed by atoms with Crippen LogP contribution in [0.1, 0.15) is 62.0 Å². The number of halogens is 3. The number of aromatic nitrogens is 2. The van der Waals surface area contributed by atoms with Gasteiger partial charge >= 0.3 is 18.2 Å². The summed E-state index contributed by atoms with van der Waals surface area (Å²) in [4.78, 5) is 37.2. The number of aliphatic carboxylic acids is 1. The van der Waals surface area contributed by atoms with Gasteiger partial charge in [0.25, 0.3) is 0 Å². The Bertz CT molecular complexity index is 1780. The third-order valence-corrected chi connectivity index (χ3v) is 11.5. The molecule has 2 saturated heterocycles. The minimum absolute atomic E-state index is 0.120. The van der Waals surface area contributed by atoms with Gasteiger partial charge in [0.2, 0.25) is 5.91 Å². The average molecular weight is 693 g/mol. The SMILES string of the molecule is Cn1nc(N2CCC(=O)NC2=O)c2ccc(C3CCN(Cc4cccc(S(=O)(=O)C5CCC(N)CC5)c4)CC3)cc21.O=C(O)C(F)(F)F. The number of carbonyl (C=O) groups excluding carboxylic acids is 2. The van der Waals surface area contributed by atoms with Gasteiger partial charge in [0.15, 0.2) is 15.7 Å². The van der Waals surface area contributed by atoms with Crippen LogP contribution in [0.3, 0.4) is 0 Å². The number of imide groups is 1. The van der Waals surface area contributed by atoms with Gasteiger partial charge in [-0.1, -0.05) is 18.2 Å². The molecule has 0 bridgehead atoms. The summed E-state index contributed by atoms with van der Waals surface area (Å²) in [5, 5.41) is 14.7. The Morgan fingerprint density at radius 1 is 1.02 bits per heavy atom. The van der Waals surface area contributed by atoms with E-state index in [2.05, 4.69) is 27.4 Å². The highest BCUT2D eigenvalue weighted by atomic mass is 32.2. The quantitative estimate of drug-likeness (QED) is 0.345. The number of likely N-dealkylation sites (tertiary alicyclic amines) is 1. The van der Waals surface area contributed by atoms with E-state index in [1.54, 1.807) is 10.7 Å². The van der Waals surface area contributed by atoms with Crippen molar-refractivity contribution in [3.05, 3.63) is 53.6 Å². The number of anilines is 1. The smallest absolute Gasteiger partial charge is 0.475 e. The van der Waals surface area contributed by atoms with Crippen molar-refractivity contribution in [2.45, 2.75) is 79.8 Å². The maximum absolute atomic E-state index is 13.3. The molecule has 12 nitrogen and oxygen atoms in total. The van der Waals surface area contributed by atoms with Crippen molar-refractivity contribution in [3.8, 4) is 0 Å². The molecule has 2 aromatic carbocycles. The van der Waals surface area contributed by atoms with Crippen molar-refractivity contribution in [2.24, 2.45) is 12.8 Å². The van der Waals surface area contributed by atoms with Gasteiger partial charge in [-0.25, -0.2) is 18.0 Å². The Kier molecular flexibility index (Phi) is 10.5. The van der Waals surface area contributed by atoms with Crippen LogP contribution in [0, 0.1) is 0 Å². The number of amides is 3. The first-order valence-electron chi connectivity index (χ1n) is 15.8. The minimum atomic E-state index is -5.08. The molecule has 0 unspecified atom stereocenters. The maximum Gasteiger partial charge on any atom is 0.490 e. The second-order valence-electron chi connectivity index (χ2n) is 12.6. The molecule has 1 saturated carbocycles. The zero-order valence-electron chi connectivity index (χ0n) is 26.4. The van der Waals surface area contributed by atoms with Crippen LogP contribution in [-0.4, -0.2) is 83.2 Å². The molecule has 1 aliphatic carbocycles. The van der Waals surface area contributed by atoms with E-state index in [0.717, 1.165) is 61.8 Å². The predicted molar refractivity (Wildman–Crippen MR) is 171 cm³/mol. The van der Waals surface area contributed by atoms with Crippen LogP contribution in [0.2, 0.25) is 0 Å². The Morgan fingerprint density at radius 3 is 2.31 bits per heavy atom. The van der Waals surface area contributed by atoms with E-state index in [0.29, 0.717) is 36.0 Å². The number of sulfone groups is 1. The minimum Gasteiger partial charge on any atom is -0.475 e. The third kappa shape index (κ3) is 7.98. The summed E-state index contributed by atoms with van der Waals surface area (Å²) in [6.45, 7) is 2.91. The molecule has 6 rings (SSSR count). The van der Waals surface area contributed by atoms with Crippen LogP contribution in [-0.2, 0) is 33.0 Å². The lowest BCUT2D eigenvalue weighted by atomic mass is 9.89. The average Bonchev–Trinajstić information content (AvgIpc) is 3.36. The van der Waals surface area contributed by atoms with E-state index in [4.69, 9.17) is 15.6 Å². The van der Waals surface area contributed by atoms with E-state index in [-0.39, 0.29) is 23.6 Å². The normalized spacial score (nSPS) is 21.5. The van der Waals surface area contributed by atoms with Gasteiger partial charge in [0, 0.05) is 38.0 Å². The van der Waals surface area contributed by atoms with Crippen molar-refractivity contribution in [1.29, 1.82) is 0 Å². The van der Waals surface area contributed by atoms with Crippen molar-refractivity contribution in [2.75, 3.05) is 24.5 Å². The first-order chi connectivity index (χ1) is 22.6. The summed E-state index contributed by atoms with van der Waals surface area (Å²) < 4.78 is 60.1. The Hall–Kier alpha value is -4.02. The fraction of sp³-hybridized carbons (Fsp3) is 0.500. The summed E-state index contributed by atoms with van der Waals surface area (Å²) in [5.41, 5.74) is 9.24. The predicted octanol–water partition coefficient (Wildman–Crippen LogP) is 4.08. The Balaban J connectivity index is 0.000000582. The molecule has 0 radical (unpaired) electrons. The number of fused-ring (bicyclic) bond motifs is 1. The highest BCUT2D eigenvalue weighted by molar-refractivity contribution is 7.92. The number of rotatable bonds is 6. The largest absolute Gasteiger partial charge is 0.490 e. The summed E-state index contributed by atoms with van der Waals surface area (Å²) >= 11 is 0. The number of urea groups is 1. The van der Waals surface area contributed by atoms with Gasteiger partial charge in [-0.15, -0.1) is 0 Å². The van der Waals surface area contributed by atoms with E-state index < -0.39 is 28.0 Å². The number of carboxylic acid groups (broad SMARTS) is 1. The zero-order valence-corrected chi connectivity index (χ0v) is 27.3. The summed E-state index contributed by atoms with van der Waals surface area (Å²) in [5.74, 6) is -2.03. The maximum atomic E-state index is 13.3. The van der Waals surface area contributed by atoms with Crippen LogP contribution in [0.25, 0.3) is 10.9 Å². The number of nitrogens with one attached hydrogen (secondary N) is 1.